The van der Waals surface area contributed by atoms with E-state index in [9.17, 15) is 5.11 Å². The van der Waals surface area contributed by atoms with Crippen molar-refractivity contribution < 1.29 is 31.4 Å². The van der Waals surface area contributed by atoms with Crippen molar-refractivity contribution >= 4 is 43.0 Å². The minimum Gasteiger partial charge on any atom is -0.439 e. The second kappa shape index (κ2) is 13.5. The molecule has 30 heavy (non-hydrogen) atoms. The van der Waals surface area contributed by atoms with E-state index in [2.05, 4.69) is 65.8 Å². The van der Waals surface area contributed by atoms with Gasteiger partial charge in [0, 0.05) is 6.61 Å². The molecule has 0 spiro atoms. The van der Waals surface area contributed by atoms with Gasteiger partial charge in [-0.15, -0.1) is 0 Å². The Morgan fingerprint density at radius 1 is 0.833 bits per heavy atom. The van der Waals surface area contributed by atoms with Crippen LogP contribution < -0.4 is 0 Å². The van der Waals surface area contributed by atoms with Crippen LogP contribution in [0.1, 0.15) is 19.8 Å². The summed E-state index contributed by atoms with van der Waals surface area (Å²) in [6, 6.07) is 1.74. The molecule has 4 unspecified atom stereocenters. The van der Waals surface area contributed by atoms with Crippen molar-refractivity contribution in [3.63, 3.8) is 0 Å². The number of hydrogen-bond acceptors (Lipinski definition) is 7. The minimum absolute atomic E-state index is 0.146. The maximum Gasteiger partial charge on any atom is 0.317 e. The van der Waals surface area contributed by atoms with Crippen LogP contribution in [-0.4, -0.2) is 79.2 Å². The molecule has 0 bridgehead atoms. The Balaban J connectivity index is 5.19. The fourth-order valence-electron chi connectivity index (χ4n) is 3.46. The Hall–Kier alpha value is 0.804. The summed E-state index contributed by atoms with van der Waals surface area (Å²) in [6.07, 6.45) is 0.978. The van der Waals surface area contributed by atoms with Gasteiger partial charge in [0.2, 0.25) is 0 Å². The molecule has 0 saturated carbocycles. The summed E-state index contributed by atoms with van der Waals surface area (Å²) in [6.45, 7) is 22.1. The SMILES string of the molecule is CCC[Si](C)(O[SiH](C)O[Si](C)(C)C)O[Si](C)(CCCOCC(O)CO)O[Si](C)(C)C. The van der Waals surface area contributed by atoms with Crippen LogP contribution in [0.3, 0.4) is 0 Å². The Kier molecular flexibility index (Phi) is 13.9. The molecule has 0 saturated heterocycles. The quantitative estimate of drug-likeness (QED) is 0.224. The lowest BCUT2D eigenvalue weighted by Crippen LogP contribution is -2.57. The number of aliphatic hydroxyl groups is 2. The third-order valence-electron chi connectivity index (χ3n) is 4.03. The van der Waals surface area contributed by atoms with Crippen molar-refractivity contribution in [3.8, 4) is 0 Å². The molecule has 12 heteroatoms. The third-order valence-corrected chi connectivity index (χ3v) is 21.8. The van der Waals surface area contributed by atoms with Gasteiger partial charge in [-0.25, -0.2) is 0 Å². The second-order valence-electron chi connectivity index (χ2n) is 10.3. The number of hydrogen-bond donors (Lipinski definition) is 2. The molecule has 0 aliphatic heterocycles. The molecule has 0 amide bonds. The molecule has 182 valence electrons. The van der Waals surface area contributed by atoms with E-state index in [0.717, 1.165) is 24.9 Å². The zero-order valence-electron chi connectivity index (χ0n) is 21.0. The topological polar surface area (TPSA) is 86.6 Å². The van der Waals surface area contributed by atoms with Gasteiger partial charge in [-0.2, -0.15) is 0 Å². The Labute approximate surface area is 191 Å². The summed E-state index contributed by atoms with van der Waals surface area (Å²) < 4.78 is 31.9. The maximum atomic E-state index is 9.42. The first kappa shape index (κ1) is 30.8. The van der Waals surface area contributed by atoms with Crippen molar-refractivity contribution in [2.24, 2.45) is 0 Å². The van der Waals surface area contributed by atoms with Crippen molar-refractivity contribution in [1.29, 1.82) is 0 Å². The van der Waals surface area contributed by atoms with E-state index in [1.54, 1.807) is 0 Å². The molecule has 0 aromatic heterocycles. The molecule has 7 nitrogen and oxygen atoms in total. The lowest BCUT2D eigenvalue weighted by Gasteiger charge is -2.42. The third kappa shape index (κ3) is 15.6. The lowest BCUT2D eigenvalue weighted by molar-refractivity contribution is 0.00623. The number of ether oxygens (including phenoxy) is 1. The zero-order valence-corrected chi connectivity index (χ0v) is 26.2. The monoisotopic (exact) mass is 516 g/mol. The Morgan fingerprint density at radius 2 is 1.43 bits per heavy atom. The lowest BCUT2D eigenvalue weighted by atomic mass is 10.4. The summed E-state index contributed by atoms with van der Waals surface area (Å²) in [4.78, 5) is 0. The molecule has 4 atom stereocenters. The first-order valence-electron chi connectivity index (χ1n) is 11.2. The average Bonchev–Trinajstić information content (AvgIpc) is 2.49. The zero-order chi connectivity index (χ0) is 23.6. The van der Waals surface area contributed by atoms with Crippen molar-refractivity contribution in [3.05, 3.63) is 0 Å². The summed E-state index contributed by atoms with van der Waals surface area (Å²) in [5.74, 6) is 0. The summed E-state index contributed by atoms with van der Waals surface area (Å²) >= 11 is 0. The van der Waals surface area contributed by atoms with Crippen LogP contribution in [0.15, 0.2) is 0 Å². The van der Waals surface area contributed by atoms with Crippen LogP contribution in [0, 0.1) is 0 Å². The highest BCUT2D eigenvalue weighted by Gasteiger charge is 2.45. The Morgan fingerprint density at radius 3 is 1.90 bits per heavy atom. The molecule has 0 aliphatic rings. The van der Waals surface area contributed by atoms with Crippen LogP contribution in [-0.2, 0) is 21.2 Å². The number of rotatable bonds is 17. The Bertz CT molecular complexity index is 475. The van der Waals surface area contributed by atoms with Gasteiger partial charge >= 0.3 is 17.1 Å². The molecule has 0 aromatic carbocycles. The molecule has 0 aromatic rings. The largest absolute Gasteiger partial charge is 0.439 e. The summed E-state index contributed by atoms with van der Waals surface area (Å²) in [5, 5.41) is 18.3. The van der Waals surface area contributed by atoms with Crippen molar-refractivity contribution in [2.75, 3.05) is 19.8 Å². The highest BCUT2D eigenvalue weighted by Crippen LogP contribution is 2.29. The second-order valence-corrected chi connectivity index (χ2v) is 28.9. The van der Waals surface area contributed by atoms with Crippen LogP contribution in [0.25, 0.3) is 0 Å². The summed E-state index contributed by atoms with van der Waals surface area (Å²) in [7, 11) is -10.2. The smallest absolute Gasteiger partial charge is 0.317 e. The fraction of sp³-hybridized carbons (Fsp3) is 1.00. The van der Waals surface area contributed by atoms with Gasteiger partial charge in [-0.3, -0.25) is 0 Å². The van der Waals surface area contributed by atoms with Gasteiger partial charge in [0.15, 0.2) is 16.6 Å². The predicted octanol–water partition coefficient (Wildman–Crippen LogP) is 3.89. The van der Waals surface area contributed by atoms with Crippen LogP contribution in [0.2, 0.25) is 71.0 Å². The van der Waals surface area contributed by atoms with Crippen molar-refractivity contribution in [1.82, 2.24) is 0 Å². The van der Waals surface area contributed by atoms with Gasteiger partial charge in [0.1, 0.15) is 6.10 Å². The van der Waals surface area contributed by atoms with E-state index >= 15 is 0 Å². The van der Waals surface area contributed by atoms with Gasteiger partial charge in [0.25, 0.3) is 9.28 Å². The summed E-state index contributed by atoms with van der Waals surface area (Å²) in [5.41, 5.74) is 0. The minimum atomic E-state index is -2.48. The van der Waals surface area contributed by atoms with Crippen LogP contribution >= 0.6 is 0 Å². The molecular formula is C18H48O7Si5. The van der Waals surface area contributed by atoms with Crippen LogP contribution in [0.4, 0.5) is 0 Å². The average molecular weight is 517 g/mol. The van der Waals surface area contributed by atoms with E-state index in [0.29, 0.717) is 6.61 Å². The molecule has 0 heterocycles. The van der Waals surface area contributed by atoms with Gasteiger partial charge in [-0.05, 0) is 77.4 Å². The molecule has 0 rings (SSSR count). The van der Waals surface area contributed by atoms with E-state index in [1.165, 1.54) is 0 Å². The van der Waals surface area contributed by atoms with E-state index in [-0.39, 0.29) is 13.2 Å². The molecule has 0 aliphatic carbocycles. The van der Waals surface area contributed by atoms with Gasteiger partial charge < -0.3 is 31.4 Å². The normalized spacial score (nSPS) is 19.2. The molecule has 0 fully saturated rings. The predicted molar refractivity (Wildman–Crippen MR) is 136 cm³/mol. The van der Waals surface area contributed by atoms with E-state index in [4.69, 9.17) is 26.3 Å². The van der Waals surface area contributed by atoms with Crippen molar-refractivity contribution in [2.45, 2.75) is 96.9 Å². The molecule has 0 radical (unpaired) electrons. The molecular weight excluding hydrogens is 469 g/mol. The highest BCUT2D eigenvalue weighted by molar-refractivity contribution is 6.88. The van der Waals surface area contributed by atoms with Gasteiger partial charge in [-0.1, -0.05) is 13.3 Å². The number of aliphatic hydroxyl groups excluding tert-OH is 2. The van der Waals surface area contributed by atoms with E-state index in [1.807, 2.05) is 0 Å². The fourth-order valence-corrected chi connectivity index (χ4v) is 24.3. The maximum absolute atomic E-state index is 9.42. The highest BCUT2D eigenvalue weighted by atomic mass is 28.5. The molecule has 2 N–H and O–H groups in total. The standard InChI is InChI=1S/C18H48O7Si5/c1-11-14-29(9,23-26(2)22-27(3,4)5)25-30(10,24-28(6,7)8)15-12-13-21-17-18(20)16-19/h18-20,26H,11-17H2,1-10H3. The first-order valence-corrected chi connectivity index (χ1v) is 25.1. The van der Waals surface area contributed by atoms with E-state index < -0.39 is 49.1 Å². The van der Waals surface area contributed by atoms with Crippen LogP contribution in [0.5, 0.6) is 0 Å². The van der Waals surface area contributed by atoms with Gasteiger partial charge in [0.05, 0.1) is 13.2 Å². The first-order chi connectivity index (χ1) is 13.5.